The molecule has 21 heavy (non-hydrogen) atoms. The van der Waals surface area contributed by atoms with E-state index < -0.39 is 0 Å². The van der Waals surface area contributed by atoms with Gasteiger partial charge in [-0.25, -0.2) is 0 Å². The maximum absolute atomic E-state index is 11.6. The minimum absolute atomic E-state index is 0.0324. The van der Waals surface area contributed by atoms with Gasteiger partial charge >= 0.3 is 0 Å². The minimum Gasteiger partial charge on any atom is -0.383 e. The van der Waals surface area contributed by atoms with Gasteiger partial charge in [-0.15, -0.1) is 0 Å². The molecule has 0 unspecified atom stereocenters. The number of aromatic nitrogens is 1. The van der Waals surface area contributed by atoms with Crippen LogP contribution in [0.3, 0.4) is 0 Å². The molecule has 5 nitrogen and oxygen atoms in total. The molecule has 3 N–H and O–H groups in total. The molecule has 0 aliphatic rings. The first-order valence-electron chi connectivity index (χ1n) is 7.32. The maximum Gasteiger partial charge on any atom is 0.233 e. The van der Waals surface area contributed by atoms with Gasteiger partial charge in [0.25, 0.3) is 0 Å². The molecule has 1 aromatic carbocycles. The van der Waals surface area contributed by atoms with Crippen molar-refractivity contribution in [1.82, 2.24) is 15.6 Å². The summed E-state index contributed by atoms with van der Waals surface area (Å²) in [7, 11) is 1.65. The molecule has 1 amide bonds. The Labute approximate surface area is 125 Å². The lowest BCUT2D eigenvalue weighted by atomic mass is 10.1. The standard InChI is InChI=1S/C16H23N3O2/c1-21-10-9-17-12-16(20)18-8-4-5-13-11-19-15-7-3-2-6-14(13)15/h2-3,6-7,11,17,19H,4-5,8-10,12H2,1H3,(H,18,20). The van der Waals surface area contributed by atoms with Crippen molar-refractivity contribution in [1.29, 1.82) is 0 Å². The van der Waals surface area contributed by atoms with Crippen LogP contribution in [0.15, 0.2) is 30.5 Å². The molecule has 0 saturated carbocycles. The average molecular weight is 289 g/mol. The first kappa shape index (κ1) is 15.5. The number of carbonyl (C=O) groups is 1. The highest BCUT2D eigenvalue weighted by Crippen LogP contribution is 2.18. The van der Waals surface area contributed by atoms with E-state index in [1.807, 2.05) is 12.1 Å². The van der Waals surface area contributed by atoms with Crippen LogP contribution in [0.5, 0.6) is 0 Å². The van der Waals surface area contributed by atoms with Crippen LogP contribution in [0.25, 0.3) is 10.9 Å². The van der Waals surface area contributed by atoms with Crippen molar-refractivity contribution in [2.75, 3.05) is 33.4 Å². The largest absolute Gasteiger partial charge is 0.383 e. The Kier molecular flexibility index (Phi) is 6.24. The van der Waals surface area contributed by atoms with Gasteiger partial charge in [0, 0.05) is 37.3 Å². The van der Waals surface area contributed by atoms with Crippen LogP contribution in [0, 0.1) is 0 Å². The second-order valence-electron chi connectivity index (χ2n) is 4.98. The van der Waals surface area contributed by atoms with Crippen molar-refractivity contribution in [3.8, 4) is 0 Å². The summed E-state index contributed by atoms with van der Waals surface area (Å²) in [5, 5.41) is 7.21. The highest BCUT2D eigenvalue weighted by molar-refractivity contribution is 5.83. The number of benzene rings is 1. The van der Waals surface area contributed by atoms with Gasteiger partial charge in [-0.05, 0) is 24.5 Å². The first-order valence-corrected chi connectivity index (χ1v) is 7.32. The van der Waals surface area contributed by atoms with E-state index >= 15 is 0 Å². The van der Waals surface area contributed by atoms with Crippen LogP contribution in [0.4, 0.5) is 0 Å². The molecule has 0 bridgehead atoms. The third-order valence-corrected chi connectivity index (χ3v) is 3.39. The van der Waals surface area contributed by atoms with E-state index in [4.69, 9.17) is 4.74 Å². The van der Waals surface area contributed by atoms with Gasteiger partial charge in [-0.3, -0.25) is 4.79 Å². The molecule has 5 heteroatoms. The predicted octanol–water partition coefficient (Wildman–Crippen LogP) is 1.45. The van der Waals surface area contributed by atoms with Crippen LogP contribution in [-0.4, -0.2) is 44.2 Å². The predicted molar refractivity (Wildman–Crippen MR) is 84.4 cm³/mol. The fraction of sp³-hybridized carbons (Fsp3) is 0.438. The summed E-state index contributed by atoms with van der Waals surface area (Å²) >= 11 is 0. The van der Waals surface area contributed by atoms with Crippen molar-refractivity contribution < 1.29 is 9.53 Å². The van der Waals surface area contributed by atoms with Crippen molar-refractivity contribution in [2.45, 2.75) is 12.8 Å². The molecule has 1 aromatic heterocycles. The topological polar surface area (TPSA) is 66.2 Å². The first-order chi connectivity index (χ1) is 10.3. The molecule has 1 heterocycles. The third kappa shape index (κ3) is 4.88. The average Bonchev–Trinajstić information content (AvgIpc) is 2.91. The summed E-state index contributed by atoms with van der Waals surface area (Å²) in [6.45, 7) is 2.36. The van der Waals surface area contributed by atoms with Crippen molar-refractivity contribution >= 4 is 16.8 Å². The second kappa shape index (κ2) is 8.44. The van der Waals surface area contributed by atoms with Gasteiger partial charge in [0.15, 0.2) is 0 Å². The van der Waals surface area contributed by atoms with Crippen LogP contribution in [0.2, 0.25) is 0 Å². The zero-order valence-electron chi connectivity index (χ0n) is 12.4. The fourth-order valence-corrected chi connectivity index (χ4v) is 2.28. The number of amides is 1. The normalized spacial score (nSPS) is 10.9. The summed E-state index contributed by atoms with van der Waals surface area (Å²) in [5.74, 6) is 0.0324. The maximum atomic E-state index is 11.6. The number of carbonyl (C=O) groups excluding carboxylic acids is 1. The minimum atomic E-state index is 0.0324. The molecule has 2 aromatic rings. The highest BCUT2D eigenvalue weighted by atomic mass is 16.5. The lowest BCUT2D eigenvalue weighted by molar-refractivity contribution is -0.120. The summed E-state index contributed by atoms with van der Waals surface area (Å²) in [6, 6.07) is 8.28. The summed E-state index contributed by atoms with van der Waals surface area (Å²) in [6.07, 6.45) is 3.95. The monoisotopic (exact) mass is 289 g/mol. The summed E-state index contributed by atoms with van der Waals surface area (Å²) in [4.78, 5) is 14.8. The molecule has 0 aliphatic carbocycles. The number of aryl methyl sites for hydroxylation is 1. The Morgan fingerprint density at radius 2 is 2.14 bits per heavy atom. The molecule has 0 spiro atoms. The number of rotatable bonds is 9. The fourth-order valence-electron chi connectivity index (χ4n) is 2.28. The van der Waals surface area contributed by atoms with Crippen molar-refractivity contribution in [2.24, 2.45) is 0 Å². The molecule has 0 aliphatic heterocycles. The Morgan fingerprint density at radius 1 is 1.29 bits per heavy atom. The SMILES string of the molecule is COCCNCC(=O)NCCCc1c[nH]c2ccccc12. The van der Waals surface area contributed by atoms with Crippen molar-refractivity contribution in [3.05, 3.63) is 36.0 Å². The number of methoxy groups -OCH3 is 1. The lowest BCUT2D eigenvalue weighted by Crippen LogP contribution is -2.35. The van der Waals surface area contributed by atoms with Gasteiger partial charge in [0.05, 0.1) is 13.2 Å². The van der Waals surface area contributed by atoms with Gasteiger partial charge in [0.2, 0.25) is 5.91 Å². The summed E-state index contributed by atoms with van der Waals surface area (Å²) < 4.78 is 4.90. The van der Waals surface area contributed by atoms with Crippen LogP contribution >= 0.6 is 0 Å². The Hall–Kier alpha value is -1.85. The molecule has 0 radical (unpaired) electrons. The van der Waals surface area contributed by atoms with E-state index in [0.717, 1.165) is 12.8 Å². The molecular weight excluding hydrogens is 266 g/mol. The molecule has 2 rings (SSSR count). The van der Waals surface area contributed by atoms with E-state index in [-0.39, 0.29) is 5.91 Å². The van der Waals surface area contributed by atoms with Gasteiger partial charge in [0.1, 0.15) is 0 Å². The Morgan fingerprint density at radius 3 is 3.00 bits per heavy atom. The van der Waals surface area contributed by atoms with Gasteiger partial charge in [-0.1, -0.05) is 18.2 Å². The molecule has 0 fully saturated rings. The van der Waals surface area contributed by atoms with Crippen LogP contribution < -0.4 is 10.6 Å². The summed E-state index contributed by atoms with van der Waals surface area (Å²) in [5.41, 5.74) is 2.47. The van der Waals surface area contributed by atoms with Crippen LogP contribution in [0.1, 0.15) is 12.0 Å². The van der Waals surface area contributed by atoms with Crippen molar-refractivity contribution in [3.63, 3.8) is 0 Å². The zero-order chi connectivity index (χ0) is 14.9. The number of nitrogens with one attached hydrogen (secondary N) is 3. The Balaban J connectivity index is 1.64. The number of H-pyrrole nitrogens is 1. The number of aromatic amines is 1. The number of hydrogen-bond donors (Lipinski definition) is 3. The zero-order valence-corrected chi connectivity index (χ0v) is 12.4. The molecule has 114 valence electrons. The van der Waals surface area contributed by atoms with E-state index in [2.05, 4.69) is 33.9 Å². The van der Waals surface area contributed by atoms with E-state index in [1.54, 1.807) is 7.11 Å². The van der Waals surface area contributed by atoms with Gasteiger partial charge in [-0.2, -0.15) is 0 Å². The number of fused-ring (bicyclic) bond motifs is 1. The number of hydrogen-bond acceptors (Lipinski definition) is 3. The van der Waals surface area contributed by atoms with E-state index in [0.29, 0.717) is 26.2 Å². The molecular formula is C16H23N3O2. The van der Waals surface area contributed by atoms with E-state index in [9.17, 15) is 4.79 Å². The highest BCUT2D eigenvalue weighted by Gasteiger charge is 2.03. The van der Waals surface area contributed by atoms with Crippen LogP contribution in [-0.2, 0) is 16.0 Å². The number of ether oxygens (including phenoxy) is 1. The lowest BCUT2D eigenvalue weighted by Gasteiger charge is -2.06. The van der Waals surface area contributed by atoms with E-state index in [1.165, 1.54) is 16.5 Å². The van der Waals surface area contributed by atoms with Gasteiger partial charge < -0.3 is 20.4 Å². The third-order valence-electron chi connectivity index (χ3n) is 3.39. The quantitative estimate of drug-likeness (QED) is 0.612. The molecule has 0 atom stereocenters. The molecule has 0 saturated heterocycles. The smallest absolute Gasteiger partial charge is 0.233 e. The number of para-hydroxylation sites is 1. The second-order valence-corrected chi connectivity index (χ2v) is 4.98. The Bertz CT molecular complexity index is 565.